The summed E-state index contributed by atoms with van der Waals surface area (Å²) in [4.78, 5) is 0. The number of tetrazole rings is 1. The van der Waals surface area contributed by atoms with Crippen molar-refractivity contribution in [2.75, 3.05) is 5.73 Å². The standard InChI is InChI=1S/C14H11ClFN5/c1-8-11(16)3-2-4-13(8)21-14(18-19-20-21)10-7-9(15)5-6-12(10)17/h2-7H,17H2,1H3. The summed E-state index contributed by atoms with van der Waals surface area (Å²) < 4.78 is 15.2. The molecule has 1 heterocycles. The lowest BCUT2D eigenvalue weighted by atomic mass is 10.1. The van der Waals surface area contributed by atoms with Crippen LogP contribution in [0.4, 0.5) is 10.1 Å². The van der Waals surface area contributed by atoms with E-state index in [1.165, 1.54) is 10.7 Å². The number of benzene rings is 2. The fraction of sp³-hybridized carbons (Fsp3) is 0.0714. The lowest BCUT2D eigenvalue weighted by Crippen LogP contribution is -2.04. The first-order chi connectivity index (χ1) is 10.1. The van der Waals surface area contributed by atoms with Crippen molar-refractivity contribution in [2.24, 2.45) is 0 Å². The fourth-order valence-corrected chi connectivity index (χ4v) is 2.24. The summed E-state index contributed by atoms with van der Waals surface area (Å²) in [5.74, 6) is 0.0803. The molecular formula is C14H11ClFN5. The zero-order valence-corrected chi connectivity index (χ0v) is 11.8. The highest BCUT2D eigenvalue weighted by molar-refractivity contribution is 6.31. The molecule has 5 nitrogen and oxygen atoms in total. The zero-order valence-electron chi connectivity index (χ0n) is 11.1. The normalized spacial score (nSPS) is 10.8. The molecule has 0 atom stereocenters. The maximum Gasteiger partial charge on any atom is 0.189 e. The smallest absolute Gasteiger partial charge is 0.189 e. The number of hydrogen-bond donors (Lipinski definition) is 1. The van der Waals surface area contributed by atoms with E-state index in [0.29, 0.717) is 33.3 Å². The average Bonchev–Trinajstić information content (AvgIpc) is 2.93. The van der Waals surface area contributed by atoms with E-state index in [4.69, 9.17) is 17.3 Å². The maximum absolute atomic E-state index is 13.7. The molecule has 0 spiro atoms. The molecule has 2 N–H and O–H groups in total. The van der Waals surface area contributed by atoms with E-state index in [0.717, 1.165) is 0 Å². The largest absolute Gasteiger partial charge is 0.398 e. The van der Waals surface area contributed by atoms with Gasteiger partial charge in [0.05, 0.1) is 5.69 Å². The number of rotatable bonds is 2. The predicted octanol–water partition coefficient (Wildman–Crippen LogP) is 3.01. The van der Waals surface area contributed by atoms with Gasteiger partial charge in [0, 0.05) is 21.8 Å². The maximum atomic E-state index is 13.7. The van der Waals surface area contributed by atoms with Crippen molar-refractivity contribution in [2.45, 2.75) is 6.92 Å². The van der Waals surface area contributed by atoms with Crippen LogP contribution in [-0.2, 0) is 0 Å². The molecule has 0 aliphatic carbocycles. The first-order valence-electron chi connectivity index (χ1n) is 6.17. The quantitative estimate of drug-likeness (QED) is 0.739. The summed E-state index contributed by atoms with van der Waals surface area (Å²) in [6.07, 6.45) is 0. The number of aromatic nitrogens is 4. The summed E-state index contributed by atoms with van der Waals surface area (Å²) >= 11 is 6.00. The molecule has 21 heavy (non-hydrogen) atoms. The molecule has 0 saturated heterocycles. The van der Waals surface area contributed by atoms with Gasteiger partial charge in [-0.2, -0.15) is 4.68 Å². The highest BCUT2D eigenvalue weighted by atomic mass is 35.5. The van der Waals surface area contributed by atoms with Gasteiger partial charge in [-0.1, -0.05) is 17.7 Å². The highest BCUT2D eigenvalue weighted by Gasteiger charge is 2.16. The summed E-state index contributed by atoms with van der Waals surface area (Å²) in [6, 6.07) is 9.75. The van der Waals surface area contributed by atoms with Gasteiger partial charge in [0.2, 0.25) is 0 Å². The van der Waals surface area contributed by atoms with Gasteiger partial charge < -0.3 is 5.73 Å². The van der Waals surface area contributed by atoms with Crippen LogP contribution in [0.3, 0.4) is 0 Å². The molecule has 1 aromatic heterocycles. The molecule has 3 aromatic rings. The van der Waals surface area contributed by atoms with Gasteiger partial charge in [0.25, 0.3) is 0 Å². The average molecular weight is 304 g/mol. The van der Waals surface area contributed by atoms with E-state index in [1.807, 2.05) is 0 Å². The molecule has 0 unspecified atom stereocenters. The van der Waals surface area contributed by atoms with Crippen LogP contribution in [-0.4, -0.2) is 20.2 Å². The number of nitrogens with two attached hydrogens (primary N) is 1. The first kappa shape index (κ1) is 13.5. The molecule has 0 bridgehead atoms. The predicted molar refractivity (Wildman–Crippen MR) is 78.7 cm³/mol. The Balaban J connectivity index is 2.22. The van der Waals surface area contributed by atoms with E-state index >= 15 is 0 Å². The molecule has 106 valence electrons. The van der Waals surface area contributed by atoms with Gasteiger partial charge in [0.1, 0.15) is 5.82 Å². The topological polar surface area (TPSA) is 69.6 Å². The van der Waals surface area contributed by atoms with E-state index in [1.54, 1.807) is 37.3 Å². The van der Waals surface area contributed by atoms with Gasteiger partial charge in [-0.3, -0.25) is 0 Å². The third-order valence-electron chi connectivity index (χ3n) is 3.19. The SMILES string of the molecule is Cc1c(F)cccc1-n1nnnc1-c1cc(Cl)ccc1N. The minimum absolute atomic E-state index is 0.326. The lowest BCUT2D eigenvalue weighted by Gasteiger charge is -2.10. The Morgan fingerprint density at radius 3 is 2.86 bits per heavy atom. The minimum Gasteiger partial charge on any atom is -0.398 e. The molecule has 3 rings (SSSR count). The van der Waals surface area contributed by atoms with E-state index < -0.39 is 0 Å². The van der Waals surface area contributed by atoms with Crippen LogP contribution in [0.1, 0.15) is 5.56 Å². The van der Waals surface area contributed by atoms with Crippen LogP contribution in [0.15, 0.2) is 36.4 Å². The van der Waals surface area contributed by atoms with E-state index in [9.17, 15) is 4.39 Å². The monoisotopic (exact) mass is 303 g/mol. The molecule has 0 aliphatic rings. The summed E-state index contributed by atoms with van der Waals surface area (Å²) in [5, 5.41) is 12.1. The number of nitrogens with zero attached hydrogens (tertiary/aromatic N) is 4. The summed E-state index contributed by atoms with van der Waals surface area (Å²) in [5.41, 5.74) is 8.04. The molecule has 0 aliphatic heterocycles. The van der Waals surface area contributed by atoms with E-state index in [-0.39, 0.29) is 5.82 Å². The first-order valence-corrected chi connectivity index (χ1v) is 6.55. The second kappa shape index (κ2) is 5.14. The van der Waals surface area contributed by atoms with Crippen molar-refractivity contribution in [3.63, 3.8) is 0 Å². The Morgan fingerprint density at radius 1 is 1.24 bits per heavy atom. The molecule has 7 heteroatoms. The van der Waals surface area contributed by atoms with E-state index in [2.05, 4.69) is 15.5 Å². The molecule has 0 fully saturated rings. The second-order valence-corrected chi connectivity index (χ2v) is 4.97. The Labute approximate surface area is 125 Å². The van der Waals surface area contributed by atoms with Gasteiger partial charge in [-0.25, -0.2) is 4.39 Å². The number of halogens is 2. The highest BCUT2D eigenvalue weighted by Crippen LogP contribution is 2.29. The van der Waals surface area contributed by atoms with Crippen molar-refractivity contribution in [3.05, 3.63) is 52.8 Å². The van der Waals surface area contributed by atoms with Crippen LogP contribution in [0.5, 0.6) is 0 Å². The summed E-state index contributed by atoms with van der Waals surface area (Å²) in [6.45, 7) is 1.66. The van der Waals surface area contributed by atoms with Crippen molar-refractivity contribution >= 4 is 17.3 Å². The van der Waals surface area contributed by atoms with Crippen molar-refractivity contribution in [1.29, 1.82) is 0 Å². The molecule has 0 saturated carbocycles. The Bertz CT molecular complexity index is 798. The van der Waals surface area contributed by atoms with Crippen LogP contribution >= 0.6 is 11.6 Å². The number of anilines is 1. The number of nitrogen functional groups attached to an aromatic ring is 1. The molecule has 2 aromatic carbocycles. The third kappa shape index (κ3) is 2.34. The van der Waals surface area contributed by atoms with Gasteiger partial charge in [-0.15, -0.1) is 5.10 Å². The minimum atomic E-state index is -0.326. The van der Waals surface area contributed by atoms with Crippen LogP contribution in [0.2, 0.25) is 5.02 Å². The number of hydrogen-bond acceptors (Lipinski definition) is 4. The summed E-state index contributed by atoms with van der Waals surface area (Å²) in [7, 11) is 0. The Morgan fingerprint density at radius 2 is 2.05 bits per heavy atom. The van der Waals surface area contributed by atoms with Crippen LogP contribution in [0, 0.1) is 12.7 Å². The van der Waals surface area contributed by atoms with Crippen molar-refractivity contribution in [3.8, 4) is 17.1 Å². The van der Waals surface area contributed by atoms with Crippen molar-refractivity contribution in [1.82, 2.24) is 20.2 Å². The molecule has 0 radical (unpaired) electrons. The van der Waals surface area contributed by atoms with Gasteiger partial charge in [-0.05, 0) is 47.7 Å². The van der Waals surface area contributed by atoms with Crippen LogP contribution < -0.4 is 5.73 Å². The van der Waals surface area contributed by atoms with Crippen molar-refractivity contribution < 1.29 is 4.39 Å². The second-order valence-electron chi connectivity index (χ2n) is 4.53. The Kier molecular flexibility index (Phi) is 3.31. The van der Waals surface area contributed by atoms with Crippen LogP contribution in [0.25, 0.3) is 17.1 Å². The fourth-order valence-electron chi connectivity index (χ4n) is 2.07. The third-order valence-corrected chi connectivity index (χ3v) is 3.43. The lowest BCUT2D eigenvalue weighted by molar-refractivity contribution is 0.614. The van der Waals surface area contributed by atoms with Gasteiger partial charge in [0.15, 0.2) is 5.82 Å². The molecular weight excluding hydrogens is 293 g/mol. The Hall–Kier alpha value is -2.47. The van der Waals surface area contributed by atoms with Gasteiger partial charge >= 0.3 is 0 Å². The zero-order chi connectivity index (χ0) is 15.0. The molecule has 0 amide bonds.